The highest BCUT2D eigenvalue weighted by Crippen LogP contribution is 2.26. The number of hydrogen-bond acceptors (Lipinski definition) is 7. The number of nitrogens with zero attached hydrogens (tertiary/aromatic N) is 2. The molecule has 0 bridgehead atoms. The van der Waals surface area contributed by atoms with Crippen molar-refractivity contribution >= 4 is 45.0 Å². The molecule has 0 spiro atoms. The summed E-state index contributed by atoms with van der Waals surface area (Å²) in [7, 11) is 1.35. The van der Waals surface area contributed by atoms with E-state index in [1.54, 1.807) is 6.92 Å². The van der Waals surface area contributed by atoms with Gasteiger partial charge in [-0.2, -0.15) is 5.10 Å². The Bertz CT molecular complexity index is 1360. The zero-order chi connectivity index (χ0) is 22.1. The summed E-state index contributed by atoms with van der Waals surface area (Å²) >= 11 is 7.23. The number of carbonyl (C=O) groups excluding carboxylic acids is 1. The largest absolute Gasteiger partial charge is 0.465 e. The number of rotatable bonds is 4. The van der Waals surface area contributed by atoms with Crippen molar-refractivity contribution < 1.29 is 13.9 Å². The van der Waals surface area contributed by atoms with Gasteiger partial charge in [0.25, 0.3) is 0 Å². The zero-order valence-corrected chi connectivity index (χ0v) is 19.0. The molecular weight excluding hydrogens is 434 g/mol. The molecule has 0 fully saturated rings. The molecule has 4 aromatic rings. The molecule has 0 aliphatic carbocycles. The van der Waals surface area contributed by atoms with E-state index in [4.69, 9.17) is 20.8 Å². The predicted octanol–water partition coefficient (Wildman–Crippen LogP) is 5.85. The van der Waals surface area contributed by atoms with Gasteiger partial charge in [-0.1, -0.05) is 22.9 Å². The van der Waals surface area contributed by atoms with Crippen molar-refractivity contribution in [2.75, 3.05) is 12.5 Å². The van der Waals surface area contributed by atoms with Crippen LogP contribution in [0.15, 0.2) is 52.0 Å². The average Bonchev–Trinajstić information content (AvgIpc) is 3.13. The van der Waals surface area contributed by atoms with Crippen LogP contribution in [0.4, 0.5) is 5.13 Å². The number of ether oxygens (including phenoxy) is 1. The number of carbonyl (C=O) groups is 1. The maximum atomic E-state index is 11.9. The van der Waals surface area contributed by atoms with Crippen molar-refractivity contribution in [2.45, 2.75) is 20.8 Å². The Morgan fingerprint density at radius 1 is 1.13 bits per heavy atom. The van der Waals surface area contributed by atoms with Gasteiger partial charge in [0.05, 0.1) is 18.2 Å². The normalized spacial score (nSPS) is 11.7. The Kier molecular flexibility index (Phi) is 5.80. The third-order valence-corrected chi connectivity index (χ3v) is 6.22. The minimum absolute atomic E-state index is 0.414. The number of fused-ring (bicyclic) bond motifs is 1. The number of esters is 1. The first kappa shape index (κ1) is 21.1. The molecule has 8 heteroatoms. The van der Waals surface area contributed by atoms with Gasteiger partial charge in [0, 0.05) is 22.0 Å². The fourth-order valence-corrected chi connectivity index (χ4v) is 4.06. The van der Waals surface area contributed by atoms with E-state index in [1.165, 1.54) is 18.4 Å². The highest BCUT2D eigenvalue weighted by molar-refractivity contribution is 7.17. The lowest BCUT2D eigenvalue weighted by atomic mass is 10.1. The quantitative estimate of drug-likeness (QED) is 0.310. The number of aromatic nitrogens is 1. The molecule has 0 radical (unpaired) electrons. The topological polar surface area (TPSA) is 76.7 Å². The molecule has 0 saturated heterocycles. The van der Waals surface area contributed by atoms with Crippen molar-refractivity contribution in [3.63, 3.8) is 0 Å². The molecule has 0 amide bonds. The lowest BCUT2D eigenvalue weighted by Crippen LogP contribution is -2.08. The van der Waals surface area contributed by atoms with Crippen molar-refractivity contribution in [1.82, 2.24) is 4.98 Å². The van der Waals surface area contributed by atoms with Crippen LogP contribution in [0, 0.1) is 20.8 Å². The van der Waals surface area contributed by atoms with Crippen LogP contribution >= 0.6 is 22.9 Å². The minimum Gasteiger partial charge on any atom is -0.465 e. The van der Waals surface area contributed by atoms with Crippen LogP contribution in [-0.4, -0.2) is 18.1 Å². The molecule has 158 valence electrons. The van der Waals surface area contributed by atoms with Gasteiger partial charge < -0.3 is 9.15 Å². The summed E-state index contributed by atoms with van der Waals surface area (Å²) in [6, 6.07) is 13.4. The van der Waals surface area contributed by atoms with Gasteiger partial charge in [-0.15, -0.1) is 0 Å². The van der Waals surface area contributed by atoms with Gasteiger partial charge in [0.1, 0.15) is 16.2 Å². The maximum absolute atomic E-state index is 11.9. The van der Waals surface area contributed by atoms with E-state index in [1.807, 2.05) is 56.3 Å². The predicted molar refractivity (Wildman–Crippen MR) is 124 cm³/mol. The van der Waals surface area contributed by atoms with Gasteiger partial charge in [-0.3, -0.25) is 5.43 Å². The van der Waals surface area contributed by atoms with Crippen LogP contribution in [0.2, 0.25) is 5.02 Å². The summed E-state index contributed by atoms with van der Waals surface area (Å²) in [5, 5.41) is 7.30. The van der Waals surface area contributed by atoms with Gasteiger partial charge in [0.2, 0.25) is 5.13 Å². The monoisotopic (exact) mass is 453 g/mol. The van der Waals surface area contributed by atoms with Crippen LogP contribution < -0.4 is 10.8 Å². The van der Waals surface area contributed by atoms with Gasteiger partial charge in [-0.25, -0.2) is 9.78 Å². The second-order valence-electron chi connectivity index (χ2n) is 7.08. The molecule has 2 heterocycles. The van der Waals surface area contributed by atoms with Crippen LogP contribution in [-0.2, 0) is 4.74 Å². The molecule has 0 aliphatic heterocycles. The smallest absolute Gasteiger partial charge is 0.350 e. The Hall–Kier alpha value is -3.16. The molecule has 0 unspecified atom stereocenters. The number of anilines is 1. The van der Waals surface area contributed by atoms with Crippen LogP contribution in [0.3, 0.4) is 0 Å². The van der Waals surface area contributed by atoms with Crippen LogP contribution in [0.5, 0.6) is 0 Å². The standard InChI is InChI=1S/C23H20ClN3O3S/c1-12-9-17-18(26-27-23-25-14(3)21(31-23)22(28)29-4)11-19(30-20(17)10-13(12)2)15-5-7-16(24)8-6-15/h5-11H,1-4H3,(H,25,27). The van der Waals surface area contributed by atoms with E-state index in [0.717, 1.165) is 27.7 Å². The number of halogens is 1. The van der Waals surface area contributed by atoms with Gasteiger partial charge in [0.15, 0.2) is 0 Å². The number of thiazole rings is 1. The van der Waals surface area contributed by atoms with Crippen LogP contribution in [0.25, 0.3) is 22.3 Å². The summed E-state index contributed by atoms with van der Waals surface area (Å²) in [4.78, 5) is 16.7. The molecule has 6 nitrogen and oxygen atoms in total. The number of benzene rings is 2. The summed E-state index contributed by atoms with van der Waals surface area (Å²) in [5.41, 5.74) is 7.44. The Morgan fingerprint density at radius 3 is 2.55 bits per heavy atom. The van der Waals surface area contributed by atoms with Crippen LogP contribution in [0.1, 0.15) is 26.5 Å². The number of hydrogen-bond donors (Lipinski definition) is 1. The highest BCUT2D eigenvalue weighted by Gasteiger charge is 2.15. The zero-order valence-electron chi connectivity index (χ0n) is 17.4. The first-order valence-electron chi connectivity index (χ1n) is 9.52. The number of nitrogens with one attached hydrogen (secondary N) is 1. The van der Waals surface area contributed by atoms with E-state index in [-0.39, 0.29) is 0 Å². The third-order valence-electron chi connectivity index (χ3n) is 4.93. The Morgan fingerprint density at radius 2 is 1.84 bits per heavy atom. The lowest BCUT2D eigenvalue weighted by Gasteiger charge is -2.08. The summed E-state index contributed by atoms with van der Waals surface area (Å²) in [6.07, 6.45) is 0. The van der Waals surface area contributed by atoms with E-state index in [2.05, 4.69) is 15.5 Å². The minimum atomic E-state index is -0.414. The molecular formula is C23H20ClN3O3S. The Balaban J connectivity index is 1.84. The summed E-state index contributed by atoms with van der Waals surface area (Å²) in [6.45, 7) is 5.85. The third kappa shape index (κ3) is 4.33. The van der Waals surface area contributed by atoms with Gasteiger partial charge in [-0.05, 0) is 68.3 Å². The van der Waals surface area contributed by atoms with E-state index < -0.39 is 5.97 Å². The SMILES string of the molecule is COC(=O)c1sc(NN=c2cc(-c3ccc(Cl)cc3)oc3cc(C)c(C)cc23)nc1C. The molecule has 2 aromatic heterocycles. The Labute approximate surface area is 188 Å². The van der Waals surface area contributed by atoms with Gasteiger partial charge >= 0.3 is 5.97 Å². The summed E-state index contributed by atoms with van der Waals surface area (Å²) < 4.78 is 11.0. The lowest BCUT2D eigenvalue weighted by molar-refractivity contribution is 0.0605. The molecule has 31 heavy (non-hydrogen) atoms. The second kappa shape index (κ2) is 8.53. The fraction of sp³-hybridized carbons (Fsp3) is 0.174. The molecule has 0 atom stereocenters. The highest BCUT2D eigenvalue weighted by atomic mass is 35.5. The van der Waals surface area contributed by atoms with Crippen molar-refractivity contribution in [3.05, 3.63) is 74.5 Å². The molecule has 1 N–H and O–H groups in total. The molecule has 0 saturated carbocycles. The van der Waals surface area contributed by atoms with E-state index in [0.29, 0.717) is 31.8 Å². The first-order valence-corrected chi connectivity index (χ1v) is 10.7. The number of aryl methyl sites for hydroxylation is 3. The van der Waals surface area contributed by atoms with E-state index in [9.17, 15) is 4.79 Å². The van der Waals surface area contributed by atoms with E-state index >= 15 is 0 Å². The van der Waals surface area contributed by atoms with Crippen molar-refractivity contribution in [2.24, 2.45) is 5.10 Å². The fourth-order valence-electron chi connectivity index (χ4n) is 3.11. The maximum Gasteiger partial charge on any atom is 0.350 e. The first-order chi connectivity index (χ1) is 14.9. The summed E-state index contributed by atoms with van der Waals surface area (Å²) in [5.74, 6) is 0.252. The molecule has 0 aliphatic rings. The molecule has 4 rings (SSSR count). The average molecular weight is 454 g/mol. The second-order valence-corrected chi connectivity index (χ2v) is 8.52. The van der Waals surface area contributed by atoms with Crippen molar-refractivity contribution in [3.8, 4) is 11.3 Å². The van der Waals surface area contributed by atoms with Crippen molar-refractivity contribution in [1.29, 1.82) is 0 Å². The molecule has 2 aromatic carbocycles. The number of methoxy groups -OCH3 is 1.